The average molecular weight is 522 g/mol. The van der Waals surface area contributed by atoms with Gasteiger partial charge in [0.25, 0.3) is 0 Å². The maximum absolute atomic E-state index is 12.7. The van der Waals surface area contributed by atoms with Gasteiger partial charge in [-0.2, -0.15) is 0 Å². The standard InChI is InChI=1S/C27H36N4O2.2ClH/c1-4-29(5-2)27(32)21-31-20-22(23-10-6-7-11-24(23)31)14-15-28-16-18-30(19-17-28)25-12-8-9-13-26(25)33-3;;/h6-13,20H,4-5,14-19,21H2,1-3H3;2*1H. The lowest BCUT2D eigenvalue weighted by atomic mass is 10.1. The zero-order chi connectivity index (χ0) is 23.2. The molecule has 0 spiro atoms. The van der Waals surface area contributed by atoms with Gasteiger partial charge < -0.3 is 19.1 Å². The van der Waals surface area contributed by atoms with Gasteiger partial charge in [0.1, 0.15) is 12.3 Å². The number of methoxy groups -OCH3 is 1. The largest absolute Gasteiger partial charge is 0.495 e. The third-order valence-corrected chi connectivity index (χ3v) is 6.79. The number of hydrogen-bond acceptors (Lipinski definition) is 4. The van der Waals surface area contributed by atoms with Gasteiger partial charge in [-0.3, -0.25) is 9.69 Å². The Bertz CT molecular complexity index is 1080. The highest BCUT2D eigenvalue weighted by Gasteiger charge is 2.20. The lowest BCUT2D eigenvalue weighted by Crippen LogP contribution is -2.47. The van der Waals surface area contributed by atoms with Crippen LogP contribution in [0.1, 0.15) is 19.4 Å². The minimum absolute atomic E-state index is 0. The lowest BCUT2D eigenvalue weighted by Gasteiger charge is -2.36. The van der Waals surface area contributed by atoms with Gasteiger partial charge >= 0.3 is 0 Å². The van der Waals surface area contributed by atoms with Crippen molar-refractivity contribution < 1.29 is 9.53 Å². The molecule has 0 N–H and O–H groups in total. The second kappa shape index (κ2) is 13.6. The number of rotatable bonds is 9. The zero-order valence-corrected chi connectivity index (χ0v) is 22.6. The first kappa shape index (κ1) is 28.8. The number of benzene rings is 2. The number of amides is 1. The van der Waals surface area contributed by atoms with E-state index in [-0.39, 0.29) is 30.7 Å². The van der Waals surface area contributed by atoms with Crippen LogP contribution in [0.4, 0.5) is 5.69 Å². The van der Waals surface area contributed by atoms with Crippen molar-refractivity contribution in [2.45, 2.75) is 26.8 Å². The first-order valence-electron chi connectivity index (χ1n) is 12.1. The van der Waals surface area contributed by atoms with Gasteiger partial charge in [-0.1, -0.05) is 30.3 Å². The summed E-state index contributed by atoms with van der Waals surface area (Å²) >= 11 is 0. The third-order valence-electron chi connectivity index (χ3n) is 6.79. The molecule has 3 aromatic rings. The number of anilines is 1. The molecule has 2 heterocycles. The SMILES string of the molecule is CCN(CC)C(=O)Cn1cc(CCN2CCN(c3ccccc3OC)CC2)c2ccccc21.Cl.Cl. The summed E-state index contributed by atoms with van der Waals surface area (Å²) in [5.74, 6) is 1.12. The van der Waals surface area contributed by atoms with E-state index < -0.39 is 0 Å². The number of piperazine rings is 1. The van der Waals surface area contributed by atoms with Crippen molar-refractivity contribution in [3.05, 3.63) is 60.3 Å². The van der Waals surface area contributed by atoms with Crippen LogP contribution in [-0.4, -0.2) is 73.2 Å². The van der Waals surface area contributed by atoms with E-state index >= 15 is 0 Å². The zero-order valence-electron chi connectivity index (χ0n) is 21.0. The van der Waals surface area contributed by atoms with Crippen molar-refractivity contribution >= 4 is 47.3 Å². The highest BCUT2D eigenvalue weighted by atomic mass is 35.5. The van der Waals surface area contributed by atoms with Crippen molar-refractivity contribution in [2.24, 2.45) is 0 Å². The number of likely N-dealkylation sites (N-methyl/N-ethyl adjacent to an activating group) is 1. The van der Waals surface area contributed by atoms with E-state index in [4.69, 9.17) is 4.74 Å². The van der Waals surface area contributed by atoms with E-state index in [0.29, 0.717) is 6.54 Å². The molecule has 0 bridgehead atoms. The summed E-state index contributed by atoms with van der Waals surface area (Å²) < 4.78 is 7.68. The van der Waals surface area contributed by atoms with Crippen LogP contribution in [0.3, 0.4) is 0 Å². The summed E-state index contributed by atoms with van der Waals surface area (Å²) in [5.41, 5.74) is 3.65. The summed E-state index contributed by atoms with van der Waals surface area (Å²) in [7, 11) is 1.74. The second-order valence-corrected chi connectivity index (χ2v) is 8.62. The van der Waals surface area contributed by atoms with E-state index in [9.17, 15) is 4.79 Å². The number of fused-ring (bicyclic) bond motifs is 1. The van der Waals surface area contributed by atoms with Gasteiger partial charge in [0, 0.05) is 62.9 Å². The Morgan fingerprint density at radius 1 is 0.943 bits per heavy atom. The summed E-state index contributed by atoms with van der Waals surface area (Å²) in [6, 6.07) is 16.7. The van der Waals surface area contributed by atoms with Crippen molar-refractivity contribution in [3.63, 3.8) is 0 Å². The summed E-state index contributed by atoms with van der Waals surface area (Å²) in [4.78, 5) is 19.6. The highest BCUT2D eigenvalue weighted by Crippen LogP contribution is 2.28. The number of halogens is 2. The van der Waals surface area contributed by atoms with Crippen LogP contribution < -0.4 is 9.64 Å². The van der Waals surface area contributed by atoms with Gasteiger partial charge in [0.15, 0.2) is 0 Å². The molecule has 0 atom stereocenters. The van der Waals surface area contributed by atoms with Gasteiger partial charge in [0.05, 0.1) is 12.8 Å². The Labute approximate surface area is 221 Å². The molecule has 4 rings (SSSR count). The molecule has 1 aliphatic rings. The number of carbonyl (C=O) groups excluding carboxylic acids is 1. The van der Waals surface area contributed by atoms with Crippen molar-refractivity contribution in [1.29, 1.82) is 0 Å². The number of nitrogens with zero attached hydrogens (tertiary/aromatic N) is 4. The van der Waals surface area contributed by atoms with Gasteiger partial charge in [-0.05, 0) is 44.0 Å². The molecule has 1 saturated heterocycles. The van der Waals surface area contributed by atoms with E-state index in [1.54, 1.807) is 7.11 Å². The first-order chi connectivity index (χ1) is 16.1. The highest BCUT2D eigenvalue weighted by molar-refractivity contribution is 5.86. The van der Waals surface area contributed by atoms with Crippen LogP contribution in [0, 0.1) is 0 Å². The molecule has 6 nitrogen and oxygen atoms in total. The molecule has 0 radical (unpaired) electrons. The number of aromatic nitrogens is 1. The van der Waals surface area contributed by atoms with Gasteiger partial charge in [-0.15, -0.1) is 24.8 Å². The van der Waals surface area contributed by atoms with Crippen LogP contribution >= 0.6 is 24.8 Å². The molecule has 1 amide bonds. The fourth-order valence-electron chi connectivity index (χ4n) is 4.86. The fourth-order valence-corrected chi connectivity index (χ4v) is 4.86. The number of ether oxygens (including phenoxy) is 1. The summed E-state index contributed by atoms with van der Waals surface area (Å²) in [6.45, 7) is 11.1. The topological polar surface area (TPSA) is 41.0 Å². The Balaban J connectivity index is 0.00000216. The minimum atomic E-state index is 0. The van der Waals surface area contributed by atoms with Crippen LogP contribution in [0.5, 0.6) is 5.75 Å². The minimum Gasteiger partial charge on any atom is -0.495 e. The van der Waals surface area contributed by atoms with Crippen LogP contribution in [-0.2, 0) is 17.8 Å². The predicted octanol–water partition coefficient (Wildman–Crippen LogP) is 4.73. The molecule has 35 heavy (non-hydrogen) atoms. The molecule has 8 heteroatoms. The quantitative estimate of drug-likeness (QED) is 0.409. The molecule has 1 aliphatic heterocycles. The van der Waals surface area contributed by atoms with Gasteiger partial charge in [-0.25, -0.2) is 0 Å². The monoisotopic (exact) mass is 520 g/mol. The normalized spacial score (nSPS) is 13.7. The van der Waals surface area contributed by atoms with Crippen LogP contribution in [0.25, 0.3) is 10.9 Å². The fraction of sp³-hybridized carbons (Fsp3) is 0.444. The van der Waals surface area contributed by atoms with Crippen molar-refractivity contribution in [2.75, 3.05) is 57.8 Å². The Morgan fingerprint density at radius 3 is 2.29 bits per heavy atom. The Morgan fingerprint density at radius 2 is 1.60 bits per heavy atom. The summed E-state index contributed by atoms with van der Waals surface area (Å²) in [6.07, 6.45) is 3.18. The third kappa shape index (κ3) is 6.63. The smallest absolute Gasteiger partial charge is 0.242 e. The first-order valence-corrected chi connectivity index (χ1v) is 12.1. The molecule has 1 fully saturated rings. The predicted molar refractivity (Wildman–Crippen MR) is 150 cm³/mol. The van der Waals surface area contributed by atoms with E-state index in [1.165, 1.54) is 16.6 Å². The van der Waals surface area contributed by atoms with E-state index in [1.807, 2.05) is 30.9 Å². The Kier molecular flexibility index (Phi) is 11.2. The average Bonchev–Trinajstić information content (AvgIpc) is 3.21. The molecule has 0 aliphatic carbocycles. The van der Waals surface area contributed by atoms with Gasteiger partial charge in [0.2, 0.25) is 5.91 Å². The Hall–Kier alpha value is -2.41. The molecule has 1 aromatic heterocycles. The van der Waals surface area contributed by atoms with Crippen molar-refractivity contribution in [3.8, 4) is 5.75 Å². The van der Waals surface area contributed by atoms with Crippen LogP contribution in [0.2, 0.25) is 0 Å². The molecular formula is C27H38Cl2N4O2. The van der Waals surface area contributed by atoms with E-state index in [0.717, 1.165) is 63.5 Å². The van der Waals surface area contributed by atoms with E-state index in [2.05, 4.69) is 57.0 Å². The molecule has 2 aromatic carbocycles. The van der Waals surface area contributed by atoms with Crippen LogP contribution in [0.15, 0.2) is 54.7 Å². The maximum Gasteiger partial charge on any atom is 0.242 e. The lowest BCUT2D eigenvalue weighted by molar-refractivity contribution is -0.131. The number of carbonyl (C=O) groups is 1. The summed E-state index contributed by atoms with van der Waals surface area (Å²) in [5, 5.41) is 1.26. The van der Waals surface area contributed by atoms with Crippen molar-refractivity contribution in [1.82, 2.24) is 14.4 Å². The molecule has 192 valence electrons. The number of hydrogen-bond donors (Lipinski definition) is 0. The number of para-hydroxylation sites is 3. The molecule has 0 unspecified atom stereocenters. The molecule has 0 saturated carbocycles. The second-order valence-electron chi connectivity index (χ2n) is 8.62. The maximum atomic E-state index is 12.7. The molecular weight excluding hydrogens is 483 g/mol.